The molecule has 4 rings (SSSR count). The molecule has 1 aliphatic heterocycles. The van der Waals surface area contributed by atoms with Crippen LogP contribution in [0, 0.1) is 0 Å². The molecule has 1 aromatic heterocycles. The van der Waals surface area contributed by atoms with Crippen LogP contribution < -0.4 is 15.2 Å². The zero-order chi connectivity index (χ0) is 22.8. The number of hydrogen-bond acceptors (Lipinski definition) is 7. The predicted molar refractivity (Wildman–Crippen MR) is 117 cm³/mol. The summed E-state index contributed by atoms with van der Waals surface area (Å²) in [5, 5.41) is 0.523. The second-order valence-electron chi connectivity index (χ2n) is 7.57. The van der Waals surface area contributed by atoms with E-state index in [1.54, 1.807) is 0 Å². The van der Waals surface area contributed by atoms with Gasteiger partial charge in [-0.15, -0.1) is 12.6 Å². The Balaban J connectivity index is 0.000000391. The molecule has 1 aliphatic rings. The van der Waals surface area contributed by atoms with Crippen molar-refractivity contribution in [2.45, 2.75) is 42.9 Å². The maximum absolute atomic E-state index is 13.0. The second-order valence-corrected chi connectivity index (χ2v) is 8.90. The smallest absolute Gasteiger partial charge is 0.416 e. The van der Waals surface area contributed by atoms with Crippen molar-refractivity contribution in [3.8, 4) is 11.5 Å². The van der Waals surface area contributed by atoms with Gasteiger partial charge in [-0.3, -0.25) is 0 Å². The molecule has 0 bridgehead atoms. The van der Waals surface area contributed by atoms with Gasteiger partial charge in [-0.2, -0.15) is 17.5 Å². The monoisotopic (exact) mass is 469 g/mol. The molecule has 5 nitrogen and oxygen atoms in total. The molecular weight excluding hydrogens is 447 g/mol. The van der Waals surface area contributed by atoms with Crippen molar-refractivity contribution < 1.29 is 22.6 Å². The third-order valence-electron chi connectivity index (χ3n) is 4.77. The molecule has 0 saturated heterocycles. The number of nitrogens with two attached hydrogens (primary N) is 1. The molecule has 0 saturated carbocycles. The molecule has 31 heavy (non-hydrogen) atoms. The lowest BCUT2D eigenvalue weighted by Crippen LogP contribution is -2.35. The Morgan fingerprint density at radius 3 is 2.45 bits per heavy atom. The van der Waals surface area contributed by atoms with E-state index in [1.165, 1.54) is 31.0 Å². The number of ether oxygens (including phenoxy) is 2. The zero-order valence-electron chi connectivity index (χ0n) is 17.1. The third-order valence-corrected chi connectivity index (χ3v) is 5.54. The maximum Gasteiger partial charge on any atom is 0.416 e. The molecule has 0 aliphatic carbocycles. The Labute approximate surface area is 188 Å². The summed E-state index contributed by atoms with van der Waals surface area (Å²) >= 11 is 5.54. The van der Waals surface area contributed by atoms with Gasteiger partial charge in [0.2, 0.25) is 0 Å². The minimum atomic E-state index is -4.40. The minimum Gasteiger partial charge on any atom is -0.496 e. The van der Waals surface area contributed by atoms with E-state index in [4.69, 9.17) is 15.2 Å². The number of hydrogen-bond donors (Lipinski definition) is 2. The van der Waals surface area contributed by atoms with E-state index in [9.17, 15) is 13.2 Å². The fraction of sp³-hybridized carbons (Fsp3) is 0.333. The number of benzene rings is 2. The number of fused-ring (bicyclic) bond motifs is 1. The zero-order valence-corrected chi connectivity index (χ0v) is 18.8. The molecule has 2 N–H and O–H groups in total. The first-order chi connectivity index (χ1) is 14.5. The number of alkyl halides is 3. The SMILES string of the molecule is COc1cc(C(F)(F)F)ccc1C1CC(C)(C)Oc2cc(S)ccc21.Nc1ncns1. The highest BCUT2D eigenvalue weighted by Gasteiger charge is 2.37. The van der Waals surface area contributed by atoms with Crippen molar-refractivity contribution in [1.82, 2.24) is 9.36 Å². The number of anilines is 1. The Hall–Kier alpha value is -2.46. The van der Waals surface area contributed by atoms with Gasteiger partial charge in [0, 0.05) is 33.5 Å². The summed E-state index contributed by atoms with van der Waals surface area (Å²) < 4.78 is 53.9. The van der Waals surface area contributed by atoms with E-state index in [-0.39, 0.29) is 11.7 Å². The van der Waals surface area contributed by atoms with Crippen LogP contribution in [-0.4, -0.2) is 22.1 Å². The van der Waals surface area contributed by atoms with E-state index in [1.807, 2.05) is 32.0 Å². The van der Waals surface area contributed by atoms with Crippen LogP contribution in [-0.2, 0) is 6.18 Å². The van der Waals surface area contributed by atoms with Gasteiger partial charge in [0.15, 0.2) is 5.13 Å². The minimum absolute atomic E-state index is 0.120. The van der Waals surface area contributed by atoms with E-state index < -0.39 is 17.3 Å². The predicted octanol–water partition coefficient (Wildman–Crippen LogP) is 5.82. The fourth-order valence-electron chi connectivity index (χ4n) is 3.47. The maximum atomic E-state index is 13.0. The van der Waals surface area contributed by atoms with Crippen molar-refractivity contribution >= 4 is 29.3 Å². The van der Waals surface area contributed by atoms with Gasteiger partial charge >= 0.3 is 6.18 Å². The Bertz CT molecular complexity index is 1040. The summed E-state index contributed by atoms with van der Waals surface area (Å²) in [6.07, 6.45) is -2.34. The molecule has 1 unspecified atom stereocenters. The number of nitrogen functional groups attached to an aromatic ring is 1. The lowest BCUT2D eigenvalue weighted by Gasteiger charge is -2.38. The Morgan fingerprint density at radius 2 is 1.90 bits per heavy atom. The second kappa shape index (κ2) is 8.96. The van der Waals surface area contributed by atoms with Crippen LogP contribution in [0.2, 0.25) is 0 Å². The number of thiol groups is 1. The molecule has 1 atom stereocenters. The average molecular weight is 470 g/mol. The molecule has 0 amide bonds. The standard InChI is InChI=1S/C19H19F3O2S.C2H3N3S/c1-18(2)10-15(14-7-5-12(25)9-17(14)24-18)13-6-4-11(19(20,21)22)8-16(13)23-3;3-2-4-1-5-6-2/h4-9,15,25H,10H2,1-3H3;1H,(H2,3,4,5). The van der Waals surface area contributed by atoms with E-state index in [2.05, 4.69) is 22.0 Å². The summed E-state index contributed by atoms with van der Waals surface area (Å²) in [5.41, 5.74) is 5.60. The highest BCUT2D eigenvalue weighted by Crippen LogP contribution is 2.47. The van der Waals surface area contributed by atoms with Gasteiger partial charge in [0.1, 0.15) is 23.4 Å². The van der Waals surface area contributed by atoms with Gasteiger partial charge < -0.3 is 15.2 Å². The normalized spacial score (nSPS) is 17.1. The quantitative estimate of drug-likeness (QED) is 0.463. The summed E-state index contributed by atoms with van der Waals surface area (Å²) in [4.78, 5) is 4.37. The first-order valence-electron chi connectivity index (χ1n) is 9.29. The van der Waals surface area contributed by atoms with Crippen LogP contribution in [0.25, 0.3) is 0 Å². The van der Waals surface area contributed by atoms with Crippen LogP contribution in [0.4, 0.5) is 18.3 Å². The van der Waals surface area contributed by atoms with E-state index in [0.29, 0.717) is 17.3 Å². The lowest BCUT2D eigenvalue weighted by atomic mass is 9.79. The number of halogens is 3. The molecule has 0 radical (unpaired) electrons. The molecule has 0 fully saturated rings. The van der Waals surface area contributed by atoms with Crippen LogP contribution >= 0.6 is 24.2 Å². The molecule has 10 heteroatoms. The summed E-state index contributed by atoms with van der Waals surface area (Å²) in [6.45, 7) is 3.93. The number of nitrogens with zero attached hydrogens (tertiary/aromatic N) is 2. The van der Waals surface area contributed by atoms with Crippen LogP contribution in [0.5, 0.6) is 11.5 Å². The first kappa shape index (κ1) is 23.2. The van der Waals surface area contributed by atoms with Crippen molar-refractivity contribution in [1.29, 1.82) is 0 Å². The largest absolute Gasteiger partial charge is 0.496 e. The summed E-state index contributed by atoms with van der Waals surface area (Å²) in [5.74, 6) is 0.819. The average Bonchev–Trinajstić information content (AvgIpc) is 3.16. The Kier molecular flexibility index (Phi) is 6.70. The summed E-state index contributed by atoms with van der Waals surface area (Å²) in [6, 6.07) is 9.27. The third kappa shape index (κ3) is 5.62. The van der Waals surface area contributed by atoms with Gasteiger partial charge in [0.25, 0.3) is 0 Å². The van der Waals surface area contributed by atoms with E-state index >= 15 is 0 Å². The van der Waals surface area contributed by atoms with E-state index in [0.717, 1.165) is 28.2 Å². The highest BCUT2D eigenvalue weighted by molar-refractivity contribution is 7.80. The van der Waals surface area contributed by atoms with Gasteiger partial charge in [-0.05, 0) is 44.5 Å². The van der Waals surface area contributed by atoms with Crippen molar-refractivity contribution in [3.05, 3.63) is 59.4 Å². The molecule has 166 valence electrons. The Morgan fingerprint density at radius 1 is 1.19 bits per heavy atom. The van der Waals surface area contributed by atoms with Crippen molar-refractivity contribution in [3.63, 3.8) is 0 Å². The van der Waals surface area contributed by atoms with Crippen LogP contribution in [0.15, 0.2) is 47.6 Å². The fourth-order valence-corrected chi connectivity index (χ4v) is 3.96. The number of rotatable bonds is 2. The molecule has 3 aromatic rings. The first-order valence-corrected chi connectivity index (χ1v) is 10.5. The van der Waals surface area contributed by atoms with Gasteiger partial charge in [0.05, 0.1) is 12.7 Å². The molecule has 2 heterocycles. The summed E-state index contributed by atoms with van der Waals surface area (Å²) in [7, 11) is 1.39. The molecule has 2 aromatic carbocycles. The molecule has 0 spiro atoms. The highest BCUT2D eigenvalue weighted by atomic mass is 32.1. The number of aromatic nitrogens is 2. The van der Waals surface area contributed by atoms with Crippen molar-refractivity contribution in [2.75, 3.05) is 12.8 Å². The topological polar surface area (TPSA) is 70.3 Å². The molecular formula is C21H22F3N3O2S2. The number of methoxy groups -OCH3 is 1. The lowest BCUT2D eigenvalue weighted by molar-refractivity contribution is -0.137. The van der Waals surface area contributed by atoms with Gasteiger partial charge in [-0.1, -0.05) is 12.1 Å². The van der Waals surface area contributed by atoms with Gasteiger partial charge in [-0.25, -0.2) is 4.98 Å². The van der Waals surface area contributed by atoms with Crippen LogP contribution in [0.1, 0.15) is 42.9 Å². The van der Waals surface area contributed by atoms with Crippen molar-refractivity contribution in [2.24, 2.45) is 0 Å². The van der Waals surface area contributed by atoms with Crippen LogP contribution in [0.3, 0.4) is 0 Å².